The number of aryl methyl sites for hydroxylation is 2. The number of hydrogen-bond donors (Lipinski definition) is 2. The molecule has 0 aliphatic rings. The molecular weight excluding hydrogens is 324 g/mol. The maximum absolute atomic E-state index is 11.3. The summed E-state index contributed by atoms with van der Waals surface area (Å²) in [5.41, 5.74) is 2.09. The van der Waals surface area contributed by atoms with E-state index in [2.05, 4.69) is 21.7 Å². The van der Waals surface area contributed by atoms with Crippen molar-refractivity contribution in [3.63, 3.8) is 0 Å². The molecule has 0 aliphatic heterocycles. The molecule has 2 heterocycles. The lowest BCUT2D eigenvalue weighted by molar-refractivity contribution is 0.0695. The molecule has 0 radical (unpaired) electrons. The molecule has 0 atom stereocenters. The molecule has 0 fully saturated rings. The van der Waals surface area contributed by atoms with Crippen molar-refractivity contribution in [2.75, 3.05) is 0 Å². The number of nitrogens with one attached hydrogen (secondary N) is 1. The molecule has 7 heteroatoms. The first-order valence-electron chi connectivity index (χ1n) is 7.73. The molecular formula is C17H18N4O2S. The summed E-state index contributed by atoms with van der Waals surface area (Å²) in [4.78, 5) is 11.3. The first-order valence-corrected chi connectivity index (χ1v) is 8.14. The van der Waals surface area contributed by atoms with E-state index in [1.807, 2.05) is 35.0 Å². The Morgan fingerprint density at radius 2 is 2.08 bits per heavy atom. The van der Waals surface area contributed by atoms with Crippen LogP contribution >= 0.6 is 12.2 Å². The van der Waals surface area contributed by atoms with Gasteiger partial charge in [0, 0.05) is 19.3 Å². The van der Waals surface area contributed by atoms with Crippen molar-refractivity contribution in [3.05, 3.63) is 58.5 Å². The standard InChI is InChI=1S/C17H18N4O2S/c1-2-20-10-5-8-14(20)15-18-19-17(24)21(15)11-9-12-6-3-4-7-13(12)16(22)23/h3-8,10H,2,9,11H2,1H3,(H,19,24)(H,22,23). The predicted molar refractivity (Wildman–Crippen MR) is 93.6 cm³/mol. The summed E-state index contributed by atoms with van der Waals surface area (Å²) in [7, 11) is 0. The second-order valence-corrected chi connectivity index (χ2v) is 5.78. The van der Waals surface area contributed by atoms with Gasteiger partial charge < -0.3 is 9.67 Å². The van der Waals surface area contributed by atoms with Crippen molar-refractivity contribution in [2.45, 2.75) is 26.4 Å². The monoisotopic (exact) mass is 342 g/mol. The Morgan fingerprint density at radius 3 is 2.83 bits per heavy atom. The molecule has 3 rings (SSSR count). The number of hydrogen-bond acceptors (Lipinski definition) is 3. The lowest BCUT2D eigenvalue weighted by Crippen LogP contribution is -2.09. The van der Waals surface area contributed by atoms with Crippen molar-refractivity contribution in [3.8, 4) is 11.5 Å². The number of nitrogens with zero attached hydrogens (tertiary/aromatic N) is 3. The van der Waals surface area contributed by atoms with Gasteiger partial charge in [-0.15, -0.1) is 0 Å². The molecule has 24 heavy (non-hydrogen) atoms. The zero-order valence-electron chi connectivity index (χ0n) is 13.3. The average Bonchev–Trinajstić information content (AvgIpc) is 3.19. The Bertz CT molecular complexity index is 923. The number of aromatic carboxylic acids is 1. The zero-order valence-corrected chi connectivity index (χ0v) is 14.1. The van der Waals surface area contributed by atoms with Gasteiger partial charge in [-0.3, -0.25) is 9.67 Å². The lowest BCUT2D eigenvalue weighted by Gasteiger charge is -2.10. The fourth-order valence-corrected chi connectivity index (χ4v) is 3.02. The van der Waals surface area contributed by atoms with Crippen LogP contribution in [-0.4, -0.2) is 30.4 Å². The molecule has 3 aromatic rings. The molecule has 0 bridgehead atoms. The van der Waals surface area contributed by atoms with Crippen LogP contribution in [0.5, 0.6) is 0 Å². The summed E-state index contributed by atoms with van der Waals surface area (Å²) in [6.07, 6.45) is 2.56. The second-order valence-electron chi connectivity index (χ2n) is 5.40. The third-order valence-electron chi connectivity index (χ3n) is 4.01. The van der Waals surface area contributed by atoms with E-state index < -0.39 is 5.97 Å². The predicted octanol–water partition coefficient (Wildman–Crippen LogP) is 3.37. The highest BCUT2D eigenvalue weighted by atomic mass is 32.1. The van der Waals surface area contributed by atoms with E-state index in [1.54, 1.807) is 12.1 Å². The Hall–Kier alpha value is -2.67. The molecule has 0 unspecified atom stereocenters. The van der Waals surface area contributed by atoms with Crippen molar-refractivity contribution in [1.82, 2.24) is 19.3 Å². The number of H-pyrrole nitrogens is 1. The summed E-state index contributed by atoms with van der Waals surface area (Å²) >= 11 is 5.35. The van der Waals surface area contributed by atoms with Crippen molar-refractivity contribution in [2.24, 2.45) is 0 Å². The van der Waals surface area contributed by atoms with Crippen LogP contribution in [0, 0.1) is 4.77 Å². The topological polar surface area (TPSA) is 75.8 Å². The van der Waals surface area contributed by atoms with Crippen LogP contribution < -0.4 is 0 Å². The number of rotatable bonds is 6. The van der Waals surface area contributed by atoms with Crippen LogP contribution in [0.15, 0.2) is 42.6 Å². The van der Waals surface area contributed by atoms with Crippen LogP contribution in [0.4, 0.5) is 0 Å². The minimum Gasteiger partial charge on any atom is -0.478 e. The number of benzene rings is 1. The van der Waals surface area contributed by atoms with Gasteiger partial charge in [0.1, 0.15) is 0 Å². The van der Waals surface area contributed by atoms with Crippen LogP contribution in [0.25, 0.3) is 11.5 Å². The molecule has 2 N–H and O–H groups in total. The van der Waals surface area contributed by atoms with E-state index in [1.165, 1.54) is 0 Å². The third kappa shape index (κ3) is 3.03. The van der Waals surface area contributed by atoms with Gasteiger partial charge in [-0.2, -0.15) is 5.10 Å². The van der Waals surface area contributed by atoms with Gasteiger partial charge in [-0.05, 0) is 49.3 Å². The van der Waals surface area contributed by atoms with Crippen LogP contribution in [0.2, 0.25) is 0 Å². The first kappa shape index (κ1) is 16.2. The molecule has 0 aliphatic carbocycles. The molecule has 0 saturated heterocycles. The zero-order chi connectivity index (χ0) is 17.1. The van der Waals surface area contributed by atoms with Crippen molar-refractivity contribution in [1.29, 1.82) is 0 Å². The smallest absolute Gasteiger partial charge is 0.335 e. The largest absolute Gasteiger partial charge is 0.478 e. The first-order chi connectivity index (χ1) is 11.6. The molecule has 6 nitrogen and oxygen atoms in total. The highest BCUT2D eigenvalue weighted by Gasteiger charge is 2.14. The maximum Gasteiger partial charge on any atom is 0.335 e. The van der Waals surface area contributed by atoms with Gasteiger partial charge >= 0.3 is 5.97 Å². The van der Waals surface area contributed by atoms with Gasteiger partial charge in [-0.25, -0.2) is 4.79 Å². The van der Waals surface area contributed by atoms with E-state index in [0.29, 0.717) is 23.3 Å². The van der Waals surface area contributed by atoms with Gasteiger partial charge in [0.25, 0.3) is 0 Å². The van der Waals surface area contributed by atoms with E-state index in [0.717, 1.165) is 23.6 Å². The summed E-state index contributed by atoms with van der Waals surface area (Å²) in [5, 5.41) is 16.5. The van der Waals surface area contributed by atoms with E-state index in [9.17, 15) is 9.90 Å². The van der Waals surface area contributed by atoms with Gasteiger partial charge in [0.2, 0.25) is 0 Å². The van der Waals surface area contributed by atoms with Crippen LogP contribution in [0.1, 0.15) is 22.8 Å². The number of carboxylic acids is 1. The Balaban J connectivity index is 1.91. The average molecular weight is 342 g/mol. The Morgan fingerprint density at radius 1 is 1.29 bits per heavy atom. The molecule has 0 saturated carbocycles. The Kier molecular flexibility index (Phi) is 4.61. The third-order valence-corrected chi connectivity index (χ3v) is 4.32. The highest BCUT2D eigenvalue weighted by Crippen LogP contribution is 2.19. The minimum absolute atomic E-state index is 0.325. The summed E-state index contributed by atoms with van der Waals surface area (Å²) < 4.78 is 4.53. The number of aromatic nitrogens is 4. The Labute approximate surface area is 144 Å². The fourth-order valence-electron chi connectivity index (χ4n) is 2.79. The van der Waals surface area contributed by atoms with Gasteiger partial charge in [-0.1, -0.05) is 18.2 Å². The number of carbonyl (C=O) groups is 1. The van der Waals surface area contributed by atoms with E-state index in [-0.39, 0.29) is 0 Å². The second kappa shape index (κ2) is 6.84. The van der Waals surface area contributed by atoms with Gasteiger partial charge in [0.05, 0.1) is 11.3 Å². The highest BCUT2D eigenvalue weighted by molar-refractivity contribution is 7.71. The maximum atomic E-state index is 11.3. The molecule has 2 aromatic heterocycles. The summed E-state index contributed by atoms with van der Waals surface area (Å²) in [5.74, 6) is -0.152. The van der Waals surface area contributed by atoms with Crippen LogP contribution in [-0.2, 0) is 19.5 Å². The van der Waals surface area contributed by atoms with Crippen molar-refractivity contribution < 1.29 is 9.90 Å². The number of aromatic amines is 1. The SMILES string of the molecule is CCn1cccc1-c1n[nH]c(=S)n1CCc1ccccc1C(=O)O. The number of carboxylic acid groups (broad SMARTS) is 1. The van der Waals surface area contributed by atoms with E-state index in [4.69, 9.17) is 12.2 Å². The normalized spacial score (nSPS) is 10.9. The minimum atomic E-state index is -0.915. The molecule has 1 aromatic carbocycles. The van der Waals surface area contributed by atoms with Crippen molar-refractivity contribution >= 4 is 18.2 Å². The molecule has 0 amide bonds. The summed E-state index contributed by atoms with van der Waals surface area (Å²) in [6.45, 7) is 3.46. The lowest BCUT2D eigenvalue weighted by atomic mass is 10.0. The van der Waals surface area contributed by atoms with E-state index >= 15 is 0 Å². The van der Waals surface area contributed by atoms with Crippen LogP contribution in [0.3, 0.4) is 0 Å². The molecule has 0 spiro atoms. The molecule has 124 valence electrons. The quantitative estimate of drug-likeness (QED) is 0.674. The summed E-state index contributed by atoms with van der Waals surface area (Å²) in [6, 6.07) is 11.0. The fraction of sp³-hybridized carbons (Fsp3) is 0.235. The van der Waals surface area contributed by atoms with Gasteiger partial charge in [0.15, 0.2) is 10.6 Å².